The van der Waals surface area contributed by atoms with Gasteiger partial charge in [-0.3, -0.25) is 0 Å². The van der Waals surface area contributed by atoms with E-state index in [4.69, 9.17) is 5.73 Å². The summed E-state index contributed by atoms with van der Waals surface area (Å²) in [6, 6.07) is 5.18. The first-order chi connectivity index (χ1) is 9.94. The van der Waals surface area contributed by atoms with E-state index in [1.54, 1.807) is 25.1 Å². The van der Waals surface area contributed by atoms with Crippen molar-refractivity contribution in [2.45, 2.75) is 44.0 Å². The van der Waals surface area contributed by atoms with E-state index in [0.29, 0.717) is 11.3 Å². The Balaban J connectivity index is 2.06. The molecular formula is C15H25N3O2S. The summed E-state index contributed by atoms with van der Waals surface area (Å²) in [6.07, 6.45) is 2.84. The molecule has 2 rings (SSSR count). The number of nitrogens with zero attached hydrogens (tertiary/aromatic N) is 1. The van der Waals surface area contributed by atoms with Crippen LogP contribution in [0.4, 0.5) is 5.69 Å². The van der Waals surface area contributed by atoms with Gasteiger partial charge in [-0.25, -0.2) is 13.1 Å². The van der Waals surface area contributed by atoms with Crippen molar-refractivity contribution in [3.05, 3.63) is 23.8 Å². The van der Waals surface area contributed by atoms with Gasteiger partial charge in [0.2, 0.25) is 10.0 Å². The normalized spacial score (nSPS) is 18.0. The van der Waals surface area contributed by atoms with Gasteiger partial charge < -0.3 is 10.6 Å². The van der Waals surface area contributed by atoms with E-state index in [2.05, 4.69) is 16.5 Å². The van der Waals surface area contributed by atoms with Crippen molar-refractivity contribution in [1.29, 1.82) is 0 Å². The molecule has 0 atom stereocenters. The summed E-state index contributed by atoms with van der Waals surface area (Å²) in [5.74, 6) is 0. The number of hydrogen-bond donors (Lipinski definition) is 2. The lowest BCUT2D eigenvalue weighted by molar-refractivity contribution is 0.208. The summed E-state index contributed by atoms with van der Waals surface area (Å²) >= 11 is 0. The van der Waals surface area contributed by atoms with Crippen LogP contribution < -0.4 is 10.5 Å². The monoisotopic (exact) mass is 311 g/mol. The summed E-state index contributed by atoms with van der Waals surface area (Å²) in [4.78, 5) is 2.61. The van der Waals surface area contributed by atoms with Gasteiger partial charge in [0.1, 0.15) is 4.90 Å². The number of likely N-dealkylation sites (tertiary alicyclic amines) is 1. The second-order valence-electron chi connectivity index (χ2n) is 5.73. The molecule has 1 saturated heterocycles. The molecule has 3 N–H and O–H groups in total. The largest absolute Gasteiger partial charge is 0.398 e. The van der Waals surface area contributed by atoms with Crippen LogP contribution in [0.1, 0.15) is 31.7 Å². The summed E-state index contributed by atoms with van der Waals surface area (Å²) < 4.78 is 27.9. The second kappa shape index (κ2) is 6.77. The molecular weight excluding hydrogens is 286 g/mol. The molecule has 1 aromatic rings. The molecule has 1 fully saturated rings. The summed E-state index contributed by atoms with van der Waals surface area (Å²) in [5, 5.41) is 0. The minimum absolute atomic E-state index is 0.00196. The Morgan fingerprint density at radius 2 is 2.00 bits per heavy atom. The van der Waals surface area contributed by atoms with Crippen molar-refractivity contribution in [2.24, 2.45) is 0 Å². The quantitative estimate of drug-likeness (QED) is 0.812. The maximum absolute atomic E-state index is 12.5. The Kier molecular flexibility index (Phi) is 5.24. The molecule has 0 radical (unpaired) electrons. The highest BCUT2D eigenvalue weighted by molar-refractivity contribution is 7.89. The molecule has 0 aliphatic carbocycles. The van der Waals surface area contributed by atoms with E-state index < -0.39 is 10.0 Å². The first kappa shape index (κ1) is 16.3. The van der Waals surface area contributed by atoms with Crippen molar-refractivity contribution in [2.75, 3.05) is 25.4 Å². The zero-order valence-electron chi connectivity index (χ0n) is 12.8. The second-order valence-corrected chi connectivity index (χ2v) is 7.38. The molecule has 0 bridgehead atoms. The van der Waals surface area contributed by atoms with E-state index in [0.717, 1.165) is 38.9 Å². The third kappa shape index (κ3) is 3.96. The smallest absolute Gasteiger partial charge is 0.243 e. The standard InChI is InChI=1S/C15H25N3O2S/c1-3-9-18-10-7-13(8-11-18)17-21(19,20)15-12(2)5-4-6-14(15)16/h4-6,13,17H,3,7-11,16H2,1-2H3. The number of nitrogens with two attached hydrogens (primary N) is 1. The van der Waals surface area contributed by atoms with Gasteiger partial charge >= 0.3 is 0 Å². The van der Waals surface area contributed by atoms with Crippen LogP contribution in [0.3, 0.4) is 0 Å². The zero-order valence-corrected chi connectivity index (χ0v) is 13.6. The van der Waals surface area contributed by atoms with Crippen LogP contribution in [0, 0.1) is 6.92 Å². The van der Waals surface area contributed by atoms with Crippen molar-refractivity contribution in [3.63, 3.8) is 0 Å². The SMILES string of the molecule is CCCN1CCC(NS(=O)(=O)c2c(C)cccc2N)CC1. The van der Waals surface area contributed by atoms with Crippen LogP contribution in [0.15, 0.2) is 23.1 Å². The number of benzene rings is 1. The number of anilines is 1. The molecule has 0 unspecified atom stereocenters. The molecule has 5 nitrogen and oxygen atoms in total. The number of hydrogen-bond acceptors (Lipinski definition) is 4. The summed E-state index contributed by atoms with van der Waals surface area (Å²) in [7, 11) is -3.54. The lowest BCUT2D eigenvalue weighted by Gasteiger charge is -2.32. The number of nitrogen functional groups attached to an aromatic ring is 1. The average Bonchev–Trinajstić information content (AvgIpc) is 2.40. The third-order valence-electron chi connectivity index (χ3n) is 3.96. The maximum Gasteiger partial charge on any atom is 0.243 e. The van der Waals surface area contributed by atoms with Gasteiger partial charge in [-0.1, -0.05) is 19.1 Å². The van der Waals surface area contributed by atoms with Gasteiger partial charge in [-0.05, 0) is 57.5 Å². The van der Waals surface area contributed by atoms with Gasteiger partial charge in [-0.2, -0.15) is 0 Å². The molecule has 118 valence electrons. The van der Waals surface area contributed by atoms with Crippen LogP contribution in [-0.4, -0.2) is 39.0 Å². The number of sulfonamides is 1. The number of rotatable bonds is 5. The predicted octanol–water partition coefficient (Wildman–Crippen LogP) is 1.73. The Morgan fingerprint density at radius 1 is 1.33 bits per heavy atom. The lowest BCUT2D eigenvalue weighted by Crippen LogP contribution is -2.44. The van der Waals surface area contributed by atoms with E-state index in [9.17, 15) is 8.42 Å². The summed E-state index contributed by atoms with van der Waals surface area (Å²) in [6.45, 7) is 6.92. The Hall–Kier alpha value is -1.11. The van der Waals surface area contributed by atoms with Gasteiger partial charge in [0.25, 0.3) is 0 Å². The molecule has 0 aromatic heterocycles. The predicted molar refractivity (Wildman–Crippen MR) is 85.7 cm³/mol. The lowest BCUT2D eigenvalue weighted by atomic mass is 10.1. The minimum atomic E-state index is -3.54. The fraction of sp³-hybridized carbons (Fsp3) is 0.600. The fourth-order valence-corrected chi connectivity index (χ4v) is 4.57. The molecule has 1 aromatic carbocycles. The van der Waals surface area contributed by atoms with Crippen molar-refractivity contribution in [1.82, 2.24) is 9.62 Å². The van der Waals surface area contributed by atoms with Gasteiger partial charge in [-0.15, -0.1) is 0 Å². The molecule has 6 heteroatoms. The number of nitrogens with one attached hydrogen (secondary N) is 1. The van der Waals surface area contributed by atoms with E-state index >= 15 is 0 Å². The first-order valence-electron chi connectivity index (χ1n) is 7.54. The van der Waals surface area contributed by atoms with Gasteiger partial charge in [0, 0.05) is 6.04 Å². The maximum atomic E-state index is 12.5. The Labute approximate surface area is 127 Å². The summed E-state index contributed by atoms with van der Waals surface area (Å²) in [5.41, 5.74) is 6.84. The van der Waals surface area contributed by atoms with Crippen molar-refractivity contribution < 1.29 is 8.42 Å². The van der Waals surface area contributed by atoms with E-state index in [1.807, 2.05) is 0 Å². The zero-order chi connectivity index (χ0) is 15.5. The van der Waals surface area contributed by atoms with Crippen LogP contribution in [-0.2, 0) is 10.0 Å². The van der Waals surface area contributed by atoms with E-state index in [-0.39, 0.29) is 10.9 Å². The van der Waals surface area contributed by atoms with Crippen LogP contribution >= 0.6 is 0 Å². The molecule has 0 spiro atoms. The van der Waals surface area contributed by atoms with Crippen molar-refractivity contribution >= 4 is 15.7 Å². The third-order valence-corrected chi connectivity index (χ3v) is 5.70. The topological polar surface area (TPSA) is 75.4 Å². The Morgan fingerprint density at radius 3 is 2.57 bits per heavy atom. The highest BCUT2D eigenvalue weighted by Crippen LogP contribution is 2.23. The van der Waals surface area contributed by atoms with Crippen molar-refractivity contribution in [3.8, 4) is 0 Å². The van der Waals surface area contributed by atoms with Gasteiger partial charge in [0.05, 0.1) is 5.69 Å². The molecule has 0 saturated carbocycles. The number of piperidine rings is 1. The molecule has 21 heavy (non-hydrogen) atoms. The highest BCUT2D eigenvalue weighted by atomic mass is 32.2. The fourth-order valence-electron chi connectivity index (χ4n) is 2.91. The van der Waals surface area contributed by atoms with Crippen LogP contribution in [0.2, 0.25) is 0 Å². The molecule has 1 aliphatic heterocycles. The first-order valence-corrected chi connectivity index (χ1v) is 9.02. The average molecular weight is 311 g/mol. The van der Waals surface area contributed by atoms with Crippen LogP contribution in [0.5, 0.6) is 0 Å². The minimum Gasteiger partial charge on any atom is -0.398 e. The number of aryl methyl sites for hydroxylation is 1. The van der Waals surface area contributed by atoms with E-state index in [1.165, 1.54) is 0 Å². The molecule has 1 aliphatic rings. The Bertz CT molecular complexity index is 558. The van der Waals surface area contributed by atoms with Crippen LogP contribution in [0.25, 0.3) is 0 Å². The highest BCUT2D eigenvalue weighted by Gasteiger charge is 2.26. The molecule has 1 heterocycles. The van der Waals surface area contributed by atoms with Gasteiger partial charge in [0.15, 0.2) is 0 Å². The molecule has 0 amide bonds.